The summed E-state index contributed by atoms with van der Waals surface area (Å²) in [5.41, 5.74) is 1.56. The van der Waals surface area contributed by atoms with Crippen molar-refractivity contribution in [2.75, 3.05) is 19.6 Å². The molecule has 94 valence electrons. The molecule has 4 heteroatoms. The highest BCUT2D eigenvalue weighted by Crippen LogP contribution is 2.27. The highest BCUT2D eigenvalue weighted by atomic mass is 15.2. The maximum atomic E-state index is 9.01. The predicted octanol–water partition coefficient (Wildman–Crippen LogP) is 1.14. The summed E-state index contributed by atoms with van der Waals surface area (Å²) in [6.45, 7) is 4.44. The molecule has 0 radical (unpaired) electrons. The van der Waals surface area contributed by atoms with E-state index in [9.17, 15) is 0 Å². The number of nitriles is 1. The number of fused-ring (bicyclic) bond motifs is 3. The molecule has 1 aromatic heterocycles. The summed E-state index contributed by atoms with van der Waals surface area (Å²) < 4.78 is 0. The zero-order valence-electron chi connectivity index (χ0n) is 10.5. The van der Waals surface area contributed by atoms with E-state index in [1.165, 1.54) is 25.9 Å². The maximum absolute atomic E-state index is 9.01. The molecule has 0 saturated carbocycles. The molecule has 1 atom stereocenters. The molecular formula is C14H18N4. The average molecular weight is 242 g/mol. The van der Waals surface area contributed by atoms with Crippen LogP contribution >= 0.6 is 0 Å². The molecule has 3 aliphatic rings. The smallest absolute Gasteiger partial charge is 0.144 e. The monoisotopic (exact) mass is 242 g/mol. The van der Waals surface area contributed by atoms with Crippen molar-refractivity contribution >= 4 is 0 Å². The molecule has 1 aromatic rings. The molecule has 0 spiro atoms. The Hall–Kier alpha value is -1.44. The fraction of sp³-hybridized carbons (Fsp3) is 0.571. The molecule has 1 N–H and O–H groups in total. The molecule has 3 aliphatic heterocycles. The number of rotatable bonds is 3. The zero-order valence-corrected chi connectivity index (χ0v) is 10.5. The summed E-state index contributed by atoms with van der Waals surface area (Å²) in [6, 6.07) is 6.62. The summed E-state index contributed by atoms with van der Waals surface area (Å²) in [5.74, 6) is 0.817. The summed E-state index contributed by atoms with van der Waals surface area (Å²) in [6.07, 6.45) is 4.31. The Morgan fingerprint density at radius 1 is 1.44 bits per heavy atom. The van der Waals surface area contributed by atoms with E-state index < -0.39 is 0 Å². The van der Waals surface area contributed by atoms with Crippen molar-refractivity contribution in [3.05, 3.63) is 29.6 Å². The lowest BCUT2D eigenvalue weighted by atomic mass is 9.84. The fourth-order valence-corrected chi connectivity index (χ4v) is 3.12. The topological polar surface area (TPSA) is 52.0 Å². The second-order valence-corrected chi connectivity index (χ2v) is 5.25. The van der Waals surface area contributed by atoms with Crippen molar-refractivity contribution in [2.45, 2.75) is 25.4 Å². The number of aromatic nitrogens is 1. The highest BCUT2D eigenvalue weighted by molar-refractivity contribution is 5.30. The molecule has 18 heavy (non-hydrogen) atoms. The quantitative estimate of drug-likeness (QED) is 0.863. The first-order valence-corrected chi connectivity index (χ1v) is 6.66. The predicted molar refractivity (Wildman–Crippen MR) is 68.7 cm³/mol. The van der Waals surface area contributed by atoms with E-state index in [0.29, 0.717) is 11.7 Å². The van der Waals surface area contributed by atoms with Gasteiger partial charge in [-0.3, -0.25) is 0 Å². The van der Waals surface area contributed by atoms with Crippen LogP contribution in [0.1, 0.15) is 24.1 Å². The number of piperidine rings is 3. The van der Waals surface area contributed by atoms with Crippen molar-refractivity contribution in [3.63, 3.8) is 0 Å². The summed E-state index contributed by atoms with van der Waals surface area (Å²) >= 11 is 0. The van der Waals surface area contributed by atoms with Crippen LogP contribution < -0.4 is 5.32 Å². The molecule has 4 heterocycles. The van der Waals surface area contributed by atoms with Gasteiger partial charge in [0.2, 0.25) is 0 Å². The van der Waals surface area contributed by atoms with Crippen LogP contribution in [0.4, 0.5) is 0 Å². The van der Waals surface area contributed by atoms with Crippen LogP contribution in [0.25, 0.3) is 0 Å². The molecule has 0 aliphatic carbocycles. The first kappa shape index (κ1) is 11.6. The minimum atomic E-state index is 0.547. The Labute approximate surface area is 108 Å². The standard InChI is InChI=1S/C14H18N4/c15-8-13-12(2-1-5-16-13)9-17-14-10-18-6-3-11(14)4-7-18/h1-2,5,11,14,17H,3-4,6-7,9-10H2. The molecule has 3 saturated heterocycles. The van der Waals surface area contributed by atoms with E-state index in [4.69, 9.17) is 5.26 Å². The third kappa shape index (κ3) is 2.24. The van der Waals surface area contributed by atoms with Crippen molar-refractivity contribution in [2.24, 2.45) is 5.92 Å². The fourth-order valence-electron chi connectivity index (χ4n) is 3.12. The number of nitrogens with zero attached hydrogens (tertiary/aromatic N) is 3. The van der Waals surface area contributed by atoms with Gasteiger partial charge in [-0.25, -0.2) is 4.98 Å². The van der Waals surface area contributed by atoms with Crippen LogP contribution in [-0.4, -0.2) is 35.6 Å². The largest absolute Gasteiger partial charge is 0.308 e. The molecular weight excluding hydrogens is 224 g/mol. The first-order valence-electron chi connectivity index (χ1n) is 6.66. The van der Waals surface area contributed by atoms with Gasteiger partial charge in [-0.15, -0.1) is 0 Å². The van der Waals surface area contributed by atoms with Gasteiger partial charge in [0.15, 0.2) is 0 Å². The summed E-state index contributed by atoms with van der Waals surface area (Å²) in [4.78, 5) is 6.63. The molecule has 4 rings (SSSR count). The third-order valence-corrected chi connectivity index (χ3v) is 4.21. The van der Waals surface area contributed by atoms with Crippen LogP contribution in [0.2, 0.25) is 0 Å². The lowest BCUT2D eigenvalue weighted by molar-refractivity contribution is 0.0720. The van der Waals surface area contributed by atoms with Crippen molar-refractivity contribution in [1.29, 1.82) is 5.26 Å². The normalized spacial score (nSPS) is 30.1. The average Bonchev–Trinajstić information content (AvgIpc) is 2.46. The molecule has 0 aromatic carbocycles. The molecule has 4 nitrogen and oxygen atoms in total. The van der Waals surface area contributed by atoms with Crippen LogP contribution in [0.3, 0.4) is 0 Å². The van der Waals surface area contributed by atoms with Crippen LogP contribution in [0.15, 0.2) is 18.3 Å². The Balaban J connectivity index is 1.63. The zero-order chi connectivity index (χ0) is 12.4. The number of nitrogens with one attached hydrogen (secondary N) is 1. The van der Waals surface area contributed by atoms with Gasteiger partial charge in [0.05, 0.1) is 0 Å². The number of hydrogen-bond donors (Lipinski definition) is 1. The summed E-state index contributed by atoms with van der Waals surface area (Å²) in [5, 5.41) is 12.6. The van der Waals surface area contributed by atoms with Crippen molar-refractivity contribution in [3.8, 4) is 6.07 Å². The van der Waals surface area contributed by atoms with E-state index in [2.05, 4.69) is 21.3 Å². The SMILES string of the molecule is N#Cc1ncccc1CNC1CN2CCC1CC2. The highest BCUT2D eigenvalue weighted by Gasteiger charge is 2.33. The van der Waals surface area contributed by atoms with Gasteiger partial charge in [-0.05, 0) is 37.9 Å². The lowest BCUT2D eigenvalue weighted by Crippen LogP contribution is -2.55. The number of hydrogen-bond acceptors (Lipinski definition) is 4. The number of pyridine rings is 1. The van der Waals surface area contributed by atoms with Crippen LogP contribution in [0.5, 0.6) is 0 Å². The van der Waals surface area contributed by atoms with Gasteiger partial charge >= 0.3 is 0 Å². The van der Waals surface area contributed by atoms with Gasteiger partial charge in [0.1, 0.15) is 11.8 Å². The van der Waals surface area contributed by atoms with E-state index >= 15 is 0 Å². The first-order chi connectivity index (χ1) is 8.86. The van der Waals surface area contributed by atoms with E-state index in [1.54, 1.807) is 6.20 Å². The second kappa shape index (κ2) is 5.05. The second-order valence-electron chi connectivity index (χ2n) is 5.25. The molecule has 1 unspecified atom stereocenters. The Morgan fingerprint density at radius 3 is 2.94 bits per heavy atom. The Kier molecular flexibility index (Phi) is 3.26. The van der Waals surface area contributed by atoms with Crippen LogP contribution in [-0.2, 0) is 6.54 Å². The van der Waals surface area contributed by atoms with E-state index in [-0.39, 0.29) is 0 Å². The van der Waals surface area contributed by atoms with Crippen LogP contribution in [0, 0.1) is 17.2 Å². The minimum Gasteiger partial charge on any atom is -0.308 e. The minimum absolute atomic E-state index is 0.547. The van der Waals surface area contributed by atoms with Gasteiger partial charge in [-0.1, -0.05) is 6.07 Å². The van der Waals surface area contributed by atoms with Crippen molar-refractivity contribution < 1.29 is 0 Å². The van der Waals surface area contributed by atoms with E-state index in [1.807, 2.05) is 12.1 Å². The van der Waals surface area contributed by atoms with Gasteiger partial charge < -0.3 is 10.2 Å². The summed E-state index contributed by atoms with van der Waals surface area (Å²) in [7, 11) is 0. The Bertz CT molecular complexity index is 457. The molecule has 3 fully saturated rings. The van der Waals surface area contributed by atoms with Gasteiger partial charge in [-0.2, -0.15) is 5.26 Å². The van der Waals surface area contributed by atoms with Crippen molar-refractivity contribution in [1.82, 2.24) is 15.2 Å². The molecule has 2 bridgehead atoms. The maximum Gasteiger partial charge on any atom is 0.144 e. The van der Waals surface area contributed by atoms with E-state index in [0.717, 1.165) is 24.6 Å². The Morgan fingerprint density at radius 2 is 2.28 bits per heavy atom. The van der Waals surface area contributed by atoms with Gasteiger partial charge in [0, 0.05) is 30.9 Å². The third-order valence-electron chi connectivity index (χ3n) is 4.21. The lowest BCUT2D eigenvalue weighted by Gasteiger charge is -2.45. The molecule has 0 amide bonds. The van der Waals surface area contributed by atoms with Gasteiger partial charge in [0.25, 0.3) is 0 Å².